The monoisotopic (exact) mass is 435 g/mol. The topological polar surface area (TPSA) is 60.3 Å². The Hall–Kier alpha value is -2.80. The van der Waals surface area contributed by atoms with Gasteiger partial charge in [0, 0.05) is 24.0 Å². The number of amides is 1. The van der Waals surface area contributed by atoms with E-state index in [1.807, 2.05) is 31.2 Å². The fourth-order valence-corrected chi connectivity index (χ4v) is 4.60. The number of carbonyl (C=O) groups excluding carboxylic acids is 1. The Morgan fingerprint density at radius 1 is 1.03 bits per heavy atom. The molecular formula is C24H29N5OS. The zero-order chi connectivity index (χ0) is 21.8. The van der Waals surface area contributed by atoms with E-state index in [-0.39, 0.29) is 12.1 Å². The van der Waals surface area contributed by atoms with Crippen LogP contribution in [0.15, 0.2) is 58.6 Å². The maximum atomic E-state index is 13.0. The third kappa shape index (κ3) is 4.32. The minimum absolute atomic E-state index is 0.132. The van der Waals surface area contributed by atoms with Crippen LogP contribution in [0.2, 0.25) is 0 Å². The van der Waals surface area contributed by atoms with Crippen LogP contribution >= 0.6 is 11.8 Å². The lowest BCUT2D eigenvalue weighted by Gasteiger charge is -2.34. The molecule has 0 unspecified atom stereocenters. The summed E-state index contributed by atoms with van der Waals surface area (Å²) in [6.07, 6.45) is 1.86. The largest absolute Gasteiger partial charge is 0.372 e. The van der Waals surface area contributed by atoms with Gasteiger partial charge in [0.15, 0.2) is 11.3 Å². The predicted molar refractivity (Wildman–Crippen MR) is 128 cm³/mol. The summed E-state index contributed by atoms with van der Waals surface area (Å²) in [5.41, 5.74) is 2.79. The van der Waals surface area contributed by atoms with E-state index in [1.54, 1.807) is 5.01 Å². The first-order valence-corrected chi connectivity index (χ1v) is 12.0. The van der Waals surface area contributed by atoms with Crippen LogP contribution in [-0.2, 0) is 4.79 Å². The van der Waals surface area contributed by atoms with Gasteiger partial charge in [0.1, 0.15) is 5.70 Å². The fraction of sp³-hybridized carbons (Fsp3) is 0.375. The van der Waals surface area contributed by atoms with Crippen molar-refractivity contribution in [1.29, 1.82) is 0 Å². The highest BCUT2D eigenvalue weighted by atomic mass is 32.2. The first kappa shape index (κ1) is 21.4. The quantitative estimate of drug-likeness (QED) is 0.726. The Morgan fingerprint density at radius 2 is 1.74 bits per heavy atom. The summed E-state index contributed by atoms with van der Waals surface area (Å²) < 4.78 is 0. The molecule has 31 heavy (non-hydrogen) atoms. The standard InChI is InChI=1S/C24H29N5OS/c1-4-15-28(16-5-2)18-13-11-17(12-14-18)22-25-20-10-8-7-9-19(20)21-23(30)26-24(31-6-3)27-29(21)22/h7-14,22H,4-6,15-16H2,1-3H3,(H,26,27,30)/t22-/m0/s1. The van der Waals surface area contributed by atoms with E-state index in [0.29, 0.717) is 10.9 Å². The van der Waals surface area contributed by atoms with Crippen molar-refractivity contribution in [2.75, 3.05) is 23.7 Å². The average Bonchev–Trinajstić information content (AvgIpc) is 2.78. The number of benzene rings is 2. The average molecular weight is 436 g/mol. The van der Waals surface area contributed by atoms with Crippen molar-refractivity contribution in [2.24, 2.45) is 10.1 Å². The number of thioether (sulfide) groups is 1. The smallest absolute Gasteiger partial charge is 0.276 e. The minimum atomic E-state index is -0.372. The Bertz CT molecular complexity index is 1090. The highest BCUT2D eigenvalue weighted by Crippen LogP contribution is 2.31. The van der Waals surface area contributed by atoms with Crippen LogP contribution in [-0.4, -0.2) is 34.9 Å². The molecule has 0 radical (unpaired) electrons. The Morgan fingerprint density at radius 3 is 2.42 bits per heavy atom. The summed E-state index contributed by atoms with van der Waals surface area (Å²) in [5, 5.41) is 11.7. The van der Waals surface area contributed by atoms with Gasteiger partial charge in [-0.2, -0.15) is 0 Å². The number of para-hydroxylation sites is 1. The number of hydrogen-bond donors (Lipinski definition) is 1. The normalized spacial score (nSPS) is 17.3. The van der Waals surface area contributed by atoms with Gasteiger partial charge >= 0.3 is 0 Å². The van der Waals surface area contributed by atoms with E-state index in [9.17, 15) is 4.79 Å². The Balaban J connectivity index is 1.76. The van der Waals surface area contributed by atoms with Gasteiger partial charge in [0.25, 0.3) is 5.91 Å². The molecule has 6 nitrogen and oxygen atoms in total. The van der Waals surface area contributed by atoms with Crippen molar-refractivity contribution >= 4 is 34.2 Å². The second-order valence-electron chi connectivity index (χ2n) is 7.58. The molecule has 2 aromatic rings. The highest BCUT2D eigenvalue weighted by Gasteiger charge is 2.34. The molecular weight excluding hydrogens is 406 g/mol. The molecule has 0 bridgehead atoms. The molecule has 162 valence electrons. The number of hydrogen-bond acceptors (Lipinski definition) is 6. The fourth-order valence-electron chi connectivity index (χ4n) is 4.01. The molecule has 1 amide bonds. The van der Waals surface area contributed by atoms with Gasteiger partial charge in [0.2, 0.25) is 0 Å². The summed E-state index contributed by atoms with van der Waals surface area (Å²) in [6, 6.07) is 16.3. The molecule has 1 atom stereocenters. The Labute approximate surface area is 187 Å². The van der Waals surface area contributed by atoms with Gasteiger partial charge in [-0.1, -0.05) is 62.9 Å². The lowest BCUT2D eigenvalue weighted by atomic mass is 10.1. The van der Waals surface area contributed by atoms with Crippen molar-refractivity contribution in [3.63, 3.8) is 0 Å². The molecule has 0 aromatic heterocycles. The van der Waals surface area contributed by atoms with Gasteiger partial charge in [-0.25, -0.2) is 5.01 Å². The molecule has 0 saturated carbocycles. The summed E-state index contributed by atoms with van der Waals surface area (Å²) in [4.78, 5) is 20.4. The van der Waals surface area contributed by atoms with E-state index >= 15 is 0 Å². The van der Waals surface area contributed by atoms with Gasteiger partial charge in [-0.05, 0) is 42.4 Å². The second kappa shape index (κ2) is 9.56. The van der Waals surface area contributed by atoms with Crippen LogP contribution in [0.5, 0.6) is 0 Å². The number of carbonyl (C=O) groups is 1. The van der Waals surface area contributed by atoms with E-state index in [4.69, 9.17) is 10.1 Å². The molecule has 7 heteroatoms. The number of anilines is 1. The molecule has 0 saturated heterocycles. The predicted octanol–water partition coefficient (Wildman–Crippen LogP) is 3.21. The zero-order valence-corrected chi connectivity index (χ0v) is 19.2. The third-order valence-electron chi connectivity index (χ3n) is 5.34. The molecule has 2 aromatic carbocycles. The molecule has 4 rings (SSSR count). The summed E-state index contributed by atoms with van der Waals surface area (Å²) >= 11 is 1.52. The van der Waals surface area contributed by atoms with Crippen molar-refractivity contribution in [1.82, 2.24) is 10.3 Å². The number of fused-ring (bicyclic) bond motifs is 2. The van der Waals surface area contributed by atoms with Gasteiger partial charge in [0.05, 0.1) is 5.36 Å². The van der Waals surface area contributed by atoms with Crippen molar-refractivity contribution in [3.8, 4) is 0 Å². The number of nitrogens with zero attached hydrogens (tertiary/aromatic N) is 4. The lowest BCUT2D eigenvalue weighted by molar-refractivity contribution is -0.116. The first-order chi connectivity index (χ1) is 15.2. The van der Waals surface area contributed by atoms with Crippen LogP contribution in [0.1, 0.15) is 45.3 Å². The number of nitrogens with one attached hydrogen (secondary N) is 1. The number of rotatable bonds is 7. The van der Waals surface area contributed by atoms with Crippen LogP contribution < -0.4 is 20.8 Å². The van der Waals surface area contributed by atoms with Crippen molar-refractivity contribution in [3.05, 3.63) is 64.7 Å². The first-order valence-electron chi connectivity index (χ1n) is 11.0. The van der Waals surface area contributed by atoms with Crippen LogP contribution in [0.3, 0.4) is 0 Å². The summed E-state index contributed by atoms with van der Waals surface area (Å²) in [5.74, 6) is 0.701. The Kier molecular flexibility index (Phi) is 6.61. The molecule has 0 aliphatic carbocycles. The molecule has 2 aliphatic heterocycles. The number of amidine groups is 1. The zero-order valence-electron chi connectivity index (χ0n) is 18.3. The van der Waals surface area contributed by atoms with Crippen molar-refractivity contribution < 1.29 is 4.79 Å². The van der Waals surface area contributed by atoms with Gasteiger partial charge in [-0.3, -0.25) is 15.1 Å². The van der Waals surface area contributed by atoms with Gasteiger partial charge < -0.3 is 4.90 Å². The van der Waals surface area contributed by atoms with E-state index in [0.717, 1.165) is 47.8 Å². The van der Waals surface area contributed by atoms with E-state index < -0.39 is 0 Å². The maximum absolute atomic E-state index is 13.0. The maximum Gasteiger partial charge on any atom is 0.276 e. The molecule has 2 aliphatic rings. The third-order valence-corrected chi connectivity index (χ3v) is 6.09. The van der Waals surface area contributed by atoms with Crippen molar-refractivity contribution in [2.45, 2.75) is 39.8 Å². The molecule has 2 heterocycles. The molecule has 1 N–H and O–H groups in total. The van der Waals surface area contributed by atoms with Crippen LogP contribution in [0.25, 0.3) is 5.70 Å². The summed E-state index contributed by atoms with van der Waals surface area (Å²) in [6.45, 7) is 8.54. The lowest BCUT2D eigenvalue weighted by Crippen LogP contribution is -2.50. The number of hydrazone groups is 1. The van der Waals surface area contributed by atoms with Gasteiger partial charge in [-0.15, -0.1) is 5.10 Å². The molecule has 0 spiro atoms. The van der Waals surface area contributed by atoms with Crippen LogP contribution in [0, 0.1) is 0 Å². The summed E-state index contributed by atoms with van der Waals surface area (Å²) in [7, 11) is 0. The van der Waals surface area contributed by atoms with E-state index in [2.05, 4.69) is 48.3 Å². The SMILES string of the molecule is CCCN(CCC)c1ccc([C@H]2N=c3ccccc3=C3C(=O)NC(SCC)=NN32)cc1. The van der Waals surface area contributed by atoms with Crippen LogP contribution in [0.4, 0.5) is 5.69 Å². The minimum Gasteiger partial charge on any atom is -0.372 e. The highest BCUT2D eigenvalue weighted by molar-refractivity contribution is 8.13. The van der Waals surface area contributed by atoms with E-state index in [1.165, 1.54) is 17.4 Å². The molecule has 0 fully saturated rings. The second-order valence-corrected chi connectivity index (χ2v) is 8.84.